The molecule has 1 saturated heterocycles. The van der Waals surface area contributed by atoms with E-state index in [-0.39, 0.29) is 24.1 Å². The molecule has 4 N–H and O–H groups in total. The van der Waals surface area contributed by atoms with Gasteiger partial charge in [0.25, 0.3) is 5.91 Å². The van der Waals surface area contributed by atoms with E-state index in [4.69, 9.17) is 0 Å². The van der Waals surface area contributed by atoms with Gasteiger partial charge in [0, 0.05) is 31.9 Å². The molecule has 0 radical (unpaired) electrons. The van der Waals surface area contributed by atoms with Crippen LogP contribution in [-0.4, -0.2) is 70.8 Å². The highest BCUT2D eigenvalue weighted by Crippen LogP contribution is 2.24. The molecular formula is C19H32N6O2. The molecule has 2 fully saturated rings. The number of unbranched alkanes of at least 4 members (excludes halogenated alkanes) is 1. The number of likely N-dealkylation sites (tertiary alicyclic amines) is 1. The fourth-order valence-electron chi connectivity index (χ4n) is 3.59. The van der Waals surface area contributed by atoms with Crippen molar-refractivity contribution in [3.05, 3.63) is 11.8 Å². The van der Waals surface area contributed by atoms with Crippen molar-refractivity contribution >= 4 is 17.7 Å². The van der Waals surface area contributed by atoms with Gasteiger partial charge in [-0.1, -0.05) is 13.3 Å². The summed E-state index contributed by atoms with van der Waals surface area (Å²) in [4.78, 5) is 23.8. The number of likely N-dealkylation sites (N-methyl/N-ethyl adjacent to an activating group) is 1. The fourth-order valence-corrected chi connectivity index (χ4v) is 3.59. The summed E-state index contributed by atoms with van der Waals surface area (Å²) >= 11 is 0. The molecule has 0 spiro atoms. The molecule has 8 nitrogen and oxygen atoms in total. The van der Waals surface area contributed by atoms with E-state index in [1.807, 2.05) is 7.05 Å². The maximum Gasteiger partial charge on any atom is 0.256 e. The number of rotatable bonds is 8. The van der Waals surface area contributed by atoms with Crippen LogP contribution in [0.1, 0.15) is 55.8 Å². The third kappa shape index (κ3) is 5.52. The number of aliphatic hydroxyl groups is 1. The number of anilines is 2. The van der Waals surface area contributed by atoms with Crippen LogP contribution >= 0.6 is 0 Å². The Morgan fingerprint density at radius 2 is 2.00 bits per heavy atom. The number of carbonyl (C=O) groups is 1. The first kappa shape index (κ1) is 19.8. The van der Waals surface area contributed by atoms with Gasteiger partial charge in [-0.05, 0) is 39.2 Å². The van der Waals surface area contributed by atoms with Crippen molar-refractivity contribution in [2.45, 2.75) is 63.6 Å². The van der Waals surface area contributed by atoms with Crippen LogP contribution in [0.25, 0.3) is 0 Å². The summed E-state index contributed by atoms with van der Waals surface area (Å²) in [5, 5.41) is 19.4. The lowest BCUT2D eigenvalue weighted by molar-refractivity contribution is 0.0857. The lowest BCUT2D eigenvalue weighted by Gasteiger charge is -2.36. The Balaban J connectivity index is 1.70. The Kier molecular flexibility index (Phi) is 6.84. The monoisotopic (exact) mass is 376 g/mol. The first-order chi connectivity index (χ1) is 13.0. The van der Waals surface area contributed by atoms with Gasteiger partial charge in [-0.15, -0.1) is 0 Å². The Bertz CT molecular complexity index is 627. The van der Waals surface area contributed by atoms with Crippen molar-refractivity contribution in [1.29, 1.82) is 0 Å². The molecule has 1 aliphatic heterocycles. The first-order valence-electron chi connectivity index (χ1n) is 10.1. The van der Waals surface area contributed by atoms with Gasteiger partial charge in [-0.3, -0.25) is 4.79 Å². The van der Waals surface area contributed by atoms with Gasteiger partial charge in [0.1, 0.15) is 11.4 Å². The highest BCUT2D eigenvalue weighted by molar-refractivity contribution is 5.98. The summed E-state index contributed by atoms with van der Waals surface area (Å²) in [6.45, 7) is 4.68. The molecule has 0 atom stereocenters. The summed E-state index contributed by atoms with van der Waals surface area (Å²) in [7, 11) is 2.03. The lowest BCUT2D eigenvalue weighted by Crippen LogP contribution is -2.57. The number of hydrogen-bond acceptors (Lipinski definition) is 7. The van der Waals surface area contributed by atoms with E-state index >= 15 is 0 Å². The quantitative estimate of drug-likeness (QED) is 0.509. The molecule has 1 aromatic heterocycles. The Labute approximate surface area is 161 Å². The fraction of sp³-hybridized carbons (Fsp3) is 0.737. The molecule has 1 aliphatic carbocycles. The molecule has 150 valence electrons. The molecule has 2 aliphatic rings. The third-order valence-electron chi connectivity index (χ3n) is 5.28. The van der Waals surface area contributed by atoms with Crippen LogP contribution in [-0.2, 0) is 0 Å². The topological polar surface area (TPSA) is 102 Å². The van der Waals surface area contributed by atoms with Gasteiger partial charge in [0.2, 0.25) is 5.95 Å². The Morgan fingerprint density at radius 1 is 1.26 bits per heavy atom. The predicted molar refractivity (Wildman–Crippen MR) is 106 cm³/mol. The summed E-state index contributed by atoms with van der Waals surface area (Å²) in [5.41, 5.74) is 0.483. The van der Waals surface area contributed by atoms with Crippen molar-refractivity contribution in [2.75, 3.05) is 37.3 Å². The largest absolute Gasteiger partial charge is 0.393 e. The number of hydrogen-bond donors (Lipinski definition) is 4. The average Bonchev–Trinajstić information content (AvgIpc) is 2.63. The van der Waals surface area contributed by atoms with Crippen LogP contribution in [0.15, 0.2) is 6.20 Å². The smallest absolute Gasteiger partial charge is 0.256 e. The van der Waals surface area contributed by atoms with Crippen molar-refractivity contribution in [2.24, 2.45) is 0 Å². The molecule has 3 rings (SSSR count). The van der Waals surface area contributed by atoms with Crippen LogP contribution < -0.4 is 16.0 Å². The summed E-state index contributed by atoms with van der Waals surface area (Å²) in [6, 6.07) is 0.399. The Hall–Kier alpha value is -1.93. The van der Waals surface area contributed by atoms with Crippen LogP contribution in [0.2, 0.25) is 0 Å². The number of nitrogens with one attached hydrogen (secondary N) is 3. The zero-order valence-corrected chi connectivity index (χ0v) is 16.4. The Morgan fingerprint density at radius 3 is 2.67 bits per heavy atom. The molecule has 0 unspecified atom stereocenters. The van der Waals surface area contributed by atoms with Crippen molar-refractivity contribution in [3.8, 4) is 0 Å². The van der Waals surface area contributed by atoms with Crippen LogP contribution in [0.3, 0.4) is 0 Å². The van der Waals surface area contributed by atoms with Crippen LogP contribution in [0.4, 0.5) is 11.8 Å². The van der Waals surface area contributed by atoms with E-state index < -0.39 is 0 Å². The minimum absolute atomic E-state index is 0.133. The summed E-state index contributed by atoms with van der Waals surface area (Å²) in [6.07, 6.45) is 6.84. The van der Waals surface area contributed by atoms with Crippen LogP contribution in [0, 0.1) is 0 Å². The second-order valence-electron chi connectivity index (χ2n) is 7.78. The van der Waals surface area contributed by atoms with Gasteiger partial charge in [-0.25, -0.2) is 4.98 Å². The second-order valence-corrected chi connectivity index (χ2v) is 7.78. The van der Waals surface area contributed by atoms with Gasteiger partial charge in [0.05, 0.1) is 12.1 Å². The molecule has 0 aromatic carbocycles. The second kappa shape index (κ2) is 9.32. The number of carbonyl (C=O) groups excluding carboxylic acids is 1. The van der Waals surface area contributed by atoms with E-state index in [0.29, 0.717) is 17.3 Å². The minimum Gasteiger partial charge on any atom is -0.393 e. The standard InChI is InChI=1S/C19H32N6O2/c1-3-4-9-20-19-21-10-16(18(27)23-14-11-25(2)12-14)17(24-19)22-13-5-7-15(26)8-6-13/h10,13-15,26H,3-9,11-12H2,1-2H3,(H,23,27)(H2,20,21,22,24)/t13-,15-. The van der Waals surface area contributed by atoms with Crippen molar-refractivity contribution < 1.29 is 9.90 Å². The van der Waals surface area contributed by atoms with Gasteiger partial charge in [-0.2, -0.15) is 4.98 Å². The van der Waals surface area contributed by atoms with Gasteiger partial charge < -0.3 is 26.0 Å². The molecule has 2 heterocycles. The lowest BCUT2D eigenvalue weighted by atomic mass is 9.93. The molecular weight excluding hydrogens is 344 g/mol. The molecule has 0 bridgehead atoms. The number of aliphatic hydroxyl groups excluding tert-OH is 1. The number of aromatic nitrogens is 2. The van der Waals surface area contributed by atoms with E-state index in [0.717, 1.165) is 58.2 Å². The van der Waals surface area contributed by atoms with E-state index in [1.54, 1.807) is 6.20 Å². The highest BCUT2D eigenvalue weighted by Gasteiger charge is 2.27. The molecule has 1 saturated carbocycles. The maximum atomic E-state index is 12.7. The number of amides is 1. The van der Waals surface area contributed by atoms with E-state index in [1.165, 1.54) is 0 Å². The first-order valence-corrected chi connectivity index (χ1v) is 10.1. The van der Waals surface area contributed by atoms with Crippen molar-refractivity contribution in [1.82, 2.24) is 20.2 Å². The highest BCUT2D eigenvalue weighted by atomic mass is 16.3. The molecule has 1 amide bonds. The van der Waals surface area contributed by atoms with Gasteiger partial charge >= 0.3 is 0 Å². The normalized spacial score (nSPS) is 23.5. The summed E-state index contributed by atoms with van der Waals surface area (Å²) in [5.74, 6) is 0.990. The predicted octanol–water partition coefficient (Wildman–Crippen LogP) is 1.45. The zero-order chi connectivity index (χ0) is 19.2. The number of nitrogens with zero attached hydrogens (tertiary/aromatic N) is 3. The molecule has 27 heavy (non-hydrogen) atoms. The average molecular weight is 377 g/mol. The van der Waals surface area contributed by atoms with E-state index in [2.05, 4.69) is 37.7 Å². The van der Waals surface area contributed by atoms with Gasteiger partial charge in [0.15, 0.2) is 0 Å². The zero-order valence-electron chi connectivity index (χ0n) is 16.4. The van der Waals surface area contributed by atoms with Crippen LogP contribution in [0.5, 0.6) is 0 Å². The van der Waals surface area contributed by atoms with E-state index in [9.17, 15) is 9.90 Å². The summed E-state index contributed by atoms with van der Waals surface area (Å²) < 4.78 is 0. The van der Waals surface area contributed by atoms with Crippen molar-refractivity contribution in [3.63, 3.8) is 0 Å². The third-order valence-corrected chi connectivity index (χ3v) is 5.28. The molecule has 1 aromatic rings. The minimum atomic E-state index is -0.210. The molecule has 8 heteroatoms. The maximum absolute atomic E-state index is 12.7. The SMILES string of the molecule is CCCCNc1ncc(C(=O)NC2CN(C)C2)c(N[C@H]2CC[C@H](O)CC2)n1.